The monoisotopic (exact) mass is 402 g/mol. The summed E-state index contributed by atoms with van der Waals surface area (Å²) < 4.78 is 10.5. The SMILES string of the molecule is Cc1nsc(N2CCC3(CC2)C[C@](C)(O)[C@@H](NC(=O)c2ccccc2)CO3)n1. The Morgan fingerprint density at radius 3 is 2.64 bits per heavy atom. The predicted octanol–water partition coefficient (Wildman–Crippen LogP) is 2.16. The molecular formula is C20H26N4O3S. The first-order valence-electron chi connectivity index (χ1n) is 9.64. The minimum absolute atomic E-state index is 0.188. The Bertz CT molecular complexity index is 831. The average Bonchev–Trinajstić information content (AvgIpc) is 3.11. The lowest BCUT2D eigenvalue weighted by atomic mass is 9.75. The van der Waals surface area contributed by atoms with Gasteiger partial charge in [-0.2, -0.15) is 4.37 Å². The van der Waals surface area contributed by atoms with E-state index in [2.05, 4.69) is 19.6 Å². The third kappa shape index (κ3) is 3.90. The molecule has 7 nitrogen and oxygen atoms in total. The summed E-state index contributed by atoms with van der Waals surface area (Å²) >= 11 is 1.42. The number of hydrogen-bond acceptors (Lipinski definition) is 7. The highest BCUT2D eigenvalue weighted by Crippen LogP contribution is 2.40. The van der Waals surface area contributed by atoms with E-state index in [1.54, 1.807) is 19.1 Å². The van der Waals surface area contributed by atoms with Crippen molar-refractivity contribution in [3.63, 3.8) is 0 Å². The van der Waals surface area contributed by atoms with Crippen molar-refractivity contribution in [3.8, 4) is 0 Å². The second-order valence-corrected chi connectivity index (χ2v) is 8.76. The van der Waals surface area contributed by atoms with Crippen molar-refractivity contribution >= 4 is 22.6 Å². The standard InChI is InChI=1S/C20H26N4O3S/c1-14-21-18(28-23-14)24-10-8-20(9-11-24)13-19(2,26)16(12-27-20)22-17(25)15-6-4-3-5-7-15/h3-7,16,26H,8-13H2,1-2H3,(H,22,25)/t16-,19-/m0/s1. The van der Waals surface area contributed by atoms with E-state index in [-0.39, 0.29) is 11.5 Å². The van der Waals surface area contributed by atoms with Gasteiger partial charge < -0.3 is 20.1 Å². The second-order valence-electron chi connectivity index (χ2n) is 8.03. The number of benzene rings is 1. The number of carbonyl (C=O) groups is 1. The summed E-state index contributed by atoms with van der Waals surface area (Å²) in [6, 6.07) is 8.62. The van der Waals surface area contributed by atoms with Crippen LogP contribution in [0.4, 0.5) is 5.13 Å². The van der Waals surface area contributed by atoms with Crippen LogP contribution in [0.2, 0.25) is 0 Å². The van der Waals surface area contributed by atoms with Crippen molar-refractivity contribution in [3.05, 3.63) is 41.7 Å². The quantitative estimate of drug-likeness (QED) is 0.818. The Morgan fingerprint density at radius 1 is 1.32 bits per heavy atom. The molecule has 3 heterocycles. The Hall–Kier alpha value is -2.03. The third-order valence-corrected chi connectivity index (χ3v) is 6.66. The molecule has 4 rings (SSSR count). The van der Waals surface area contributed by atoms with Crippen molar-refractivity contribution in [2.24, 2.45) is 0 Å². The fourth-order valence-corrected chi connectivity index (χ4v) is 4.86. The van der Waals surface area contributed by atoms with E-state index in [0.717, 1.165) is 36.9 Å². The zero-order valence-electron chi connectivity index (χ0n) is 16.2. The number of aromatic nitrogens is 2. The Morgan fingerprint density at radius 2 is 2.04 bits per heavy atom. The van der Waals surface area contributed by atoms with Crippen LogP contribution in [-0.2, 0) is 4.74 Å². The third-order valence-electron chi connectivity index (χ3n) is 5.79. The molecule has 2 aromatic rings. The minimum atomic E-state index is -1.02. The van der Waals surface area contributed by atoms with Gasteiger partial charge in [0, 0.05) is 36.6 Å². The number of nitrogens with zero attached hydrogens (tertiary/aromatic N) is 3. The summed E-state index contributed by atoms with van der Waals surface area (Å²) in [5.41, 5.74) is -0.794. The number of amides is 1. The van der Waals surface area contributed by atoms with Gasteiger partial charge in [-0.1, -0.05) is 18.2 Å². The Balaban J connectivity index is 1.38. The summed E-state index contributed by atoms with van der Waals surface area (Å²) in [6.45, 7) is 5.66. The maximum absolute atomic E-state index is 12.5. The van der Waals surface area contributed by atoms with Crippen LogP contribution in [0.25, 0.3) is 0 Å². The van der Waals surface area contributed by atoms with Crippen molar-refractivity contribution in [2.45, 2.75) is 50.4 Å². The number of aryl methyl sites for hydroxylation is 1. The summed E-state index contributed by atoms with van der Waals surface area (Å²) in [6.07, 6.45) is 2.14. The van der Waals surface area contributed by atoms with Gasteiger partial charge in [0.1, 0.15) is 5.82 Å². The van der Waals surface area contributed by atoms with Crippen molar-refractivity contribution in [1.82, 2.24) is 14.7 Å². The van der Waals surface area contributed by atoms with E-state index in [1.807, 2.05) is 25.1 Å². The molecule has 0 bridgehead atoms. The van der Waals surface area contributed by atoms with Gasteiger partial charge in [0.25, 0.3) is 5.91 Å². The number of rotatable bonds is 3. The largest absolute Gasteiger partial charge is 0.388 e. The minimum Gasteiger partial charge on any atom is -0.388 e. The van der Waals surface area contributed by atoms with E-state index in [0.29, 0.717) is 18.6 Å². The van der Waals surface area contributed by atoms with Crippen molar-refractivity contribution in [2.75, 3.05) is 24.6 Å². The predicted molar refractivity (Wildman–Crippen MR) is 108 cm³/mol. The average molecular weight is 403 g/mol. The molecule has 2 atom stereocenters. The van der Waals surface area contributed by atoms with Crippen LogP contribution in [-0.4, -0.2) is 57.3 Å². The topological polar surface area (TPSA) is 87.6 Å². The Kier molecular flexibility index (Phi) is 5.11. The maximum Gasteiger partial charge on any atom is 0.251 e. The van der Waals surface area contributed by atoms with Gasteiger partial charge in [-0.3, -0.25) is 4.79 Å². The molecule has 2 saturated heterocycles. The van der Waals surface area contributed by atoms with Gasteiger partial charge in [0.15, 0.2) is 0 Å². The fraction of sp³-hybridized carbons (Fsp3) is 0.550. The number of carbonyl (C=O) groups excluding carboxylic acids is 1. The molecule has 1 aromatic heterocycles. The number of piperidine rings is 1. The highest BCUT2D eigenvalue weighted by molar-refractivity contribution is 7.09. The zero-order chi connectivity index (χ0) is 19.8. The molecule has 1 amide bonds. The summed E-state index contributed by atoms with van der Waals surface area (Å²) in [7, 11) is 0. The zero-order valence-corrected chi connectivity index (χ0v) is 17.0. The fourth-order valence-electron chi connectivity index (χ4n) is 4.14. The highest BCUT2D eigenvalue weighted by Gasteiger charge is 2.49. The smallest absolute Gasteiger partial charge is 0.251 e. The van der Waals surface area contributed by atoms with Gasteiger partial charge in [-0.25, -0.2) is 4.98 Å². The first-order chi connectivity index (χ1) is 13.4. The number of nitrogens with one attached hydrogen (secondary N) is 1. The molecular weight excluding hydrogens is 376 g/mol. The highest BCUT2D eigenvalue weighted by atomic mass is 32.1. The maximum atomic E-state index is 12.5. The first kappa shape index (κ1) is 19.3. The molecule has 150 valence electrons. The number of aliphatic hydroxyl groups is 1. The molecule has 2 fully saturated rings. The van der Waals surface area contributed by atoms with Gasteiger partial charge in [-0.05, 0) is 38.8 Å². The lowest BCUT2D eigenvalue weighted by Gasteiger charge is -2.51. The van der Waals surface area contributed by atoms with Gasteiger partial charge in [0.05, 0.1) is 23.9 Å². The second kappa shape index (κ2) is 7.42. The molecule has 0 unspecified atom stereocenters. The molecule has 0 aliphatic carbocycles. The van der Waals surface area contributed by atoms with E-state index in [1.165, 1.54) is 11.5 Å². The molecule has 2 aliphatic rings. The van der Waals surface area contributed by atoms with Crippen LogP contribution in [0.5, 0.6) is 0 Å². The van der Waals surface area contributed by atoms with Gasteiger partial charge >= 0.3 is 0 Å². The molecule has 1 spiro atoms. The lowest BCUT2D eigenvalue weighted by Crippen LogP contribution is -2.64. The van der Waals surface area contributed by atoms with Crippen LogP contribution in [0.1, 0.15) is 42.4 Å². The van der Waals surface area contributed by atoms with Crippen molar-refractivity contribution < 1.29 is 14.6 Å². The van der Waals surface area contributed by atoms with Crippen LogP contribution in [0.15, 0.2) is 30.3 Å². The summed E-state index contributed by atoms with van der Waals surface area (Å²) in [4.78, 5) is 19.2. The Labute approximate surface area is 168 Å². The van der Waals surface area contributed by atoms with Crippen LogP contribution >= 0.6 is 11.5 Å². The van der Waals surface area contributed by atoms with E-state index in [4.69, 9.17) is 4.74 Å². The van der Waals surface area contributed by atoms with Gasteiger partial charge in [0.2, 0.25) is 5.13 Å². The molecule has 1 aromatic carbocycles. The number of ether oxygens (including phenoxy) is 1. The molecule has 8 heteroatoms. The molecule has 0 saturated carbocycles. The van der Waals surface area contributed by atoms with Crippen LogP contribution in [0, 0.1) is 6.92 Å². The normalized spacial score (nSPS) is 27.0. The van der Waals surface area contributed by atoms with Gasteiger partial charge in [-0.15, -0.1) is 0 Å². The lowest BCUT2D eigenvalue weighted by molar-refractivity contribution is -0.176. The summed E-state index contributed by atoms with van der Waals surface area (Å²) in [5, 5.41) is 15.0. The molecule has 0 radical (unpaired) electrons. The molecule has 2 aliphatic heterocycles. The summed E-state index contributed by atoms with van der Waals surface area (Å²) in [5.74, 6) is 0.612. The van der Waals surface area contributed by atoms with Crippen molar-refractivity contribution in [1.29, 1.82) is 0 Å². The number of anilines is 1. The van der Waals surface area contributed by atoms with Crippen LogP contribution < -0.4 is 10.2 Å². The number of hydrogen-bond donors (Lipinski definition) is 2. The van der Waals surface area contributed by atoms with Crippen LogP contribution in [0.3, 0.4) is 0 Å². The first-order valence-corrected chi connectivity index (χ1v) is 10.4. The van der Waals surface area contributed by atoms with E-state index < -0.39 is 11.6 Å². The molecule has 2 N–H and O–H groups in total. The van der Waals surface area contributed by atoms with E-state index in [9.17, 15) is 9.90 Å². The molecule has 28 heavy (non-hydrogen) atoms. The van der Waals surface area contributed by atoms with E-state index >= 15 is 0 Å².